The SMILES string of the molecule is Cc1c2ccc(CC(C)(C)C)cc2cc2c3nccc4ccc5c6c(C(C)C)cccc6n(c12)c5c43. The van der Waals surface area contributed by atoms with E-state index in [4.69, 9.17) is 4.98 Å². The molecule has 0 N–H and O–H groups in total. The Balaban J connectivity index is 1.75. The van der Waals surface area contributed by atoms with Crippen molar-refractivity contribution in [2.45, 2.75) is 53.9 Å². The Labute approximate surface area is 211 Å². The van der Waals surface area contributed by atoms with Crippen molar-refractivity contribution in [2.24, 2.45) is 5.41 Å². The molecule has 3 heterocycles. The molecular weight excluding hydrogens is 436 g/mol. The number of aromatic nitrogens is 2. The Morgan fingerprint density at radius 2 is 1.61 bits per heavy atom. The third-order valence-electron chi connectivity index (χ3n) is 7.98. The average molecular weight is 469 g/mol. The van der Waals surface area contributed by atoms with Crippen LogP contribution in [0.2, 0.25) is 0 Å². The van der Waals surface area contributed by atoms with Crippen LogP contribution < -0.4 is 0 Å². The van der Waals surface area contributed by atoms with Crippen LogP contribution in [0.1, 0.15) is 57.2 Å². The number of pyridine rings is 2. The van der Waals surface area contributed by atoms with E-state index in [1.54, 1.807) is 0 Å². The van der Waals surface area contributed by atoms with Crippen LogP contribution in [0.25, 0.3) is 59.8 Å². The number of aryl methyl sites for hydroxylation is 1. The molecule has 0 bridgehead atoms. The second-order valence-corrected chi connectivity index (χ2v) is 12.1. The largest absolute Gasteiger partial charge is 0.308 e. The minimum atomic E-state index is 0.257. The first-order chi connectivity index (χ1) is 17.2. The van der Waals surface area contributed by atoms with Crippen molar-refractivity contribution >= 4 is 59.8 Å². The number of rotatable bonds is 2. The van der Waals surface area contributed by atoms with Gasteiger partial charge in [-0.3, -0.25) is 4.98 Å². The van der Waals surface area contributed by atoms with Crippen LogP contribution in [0, 0.1) is 12.3 Å². The average Bonchev–Trinajstić information content (AvgIpc) is 3.17. The van der Waals surface area contributed by atoms with Crippen LogP contribution >= 0.6 is 0 Å². The molecule has 0 spiro atoms. The van der Waals surface area contributed by atoms with E-state index in [0.29, 0.717) is 5.92 Å². The van der Waals surface area contributed by atoms with Gasteiger partial charge < -0.3 is 4.40 Å². The molecule has 178 valence electrons. The topological polar surface area (TPSA) is 17.3 Å². The summed E-state index contributed by atoms with van der Waals surface area (Å²) in [6.45, 7) is 13.8. The summed E-state index contributed by atoms with van der Waals surface area (Å²) in [4.78, 5) is 5.01. The van der Waals surface area contributed by atoms with E-state index in [9.17, 15) is 0 Å². The molecular formula is C34H32N2. The molecule has 7 aromatic rings. The summed E-state index contributed by atoms with van der Waals surface area (Å²) in [7, 11) is 0. The minimum Gasteiger partial charge on any atom is -0.308 e. The summed E-state index contributed by atoms with van der Waals surface area (Å²) in [6.07, 6.45) is 3.04. The molecule has 0 unspecified atom stereocenters. The summed E-state index contributed by atoms with van der Waals surface area (Å²) in [5.41, 5.74) is 9.39. The first kappa shape index (κ1) is 21.6. The highest BCUT2D eigenvalue weighted by Crippen LogP contribution is 2.44. The molecule has 3 aromatic heterocycles. The second-order valence-electron chi connectivity index (χ2n) is 12.1. The number of benzene rings is 4. The van der Waals surface area contributed by atoms with Crippen LogP contribution in [-0.2, 0) is 6.42 Å². The predicted molar refractivity (Wildman–Crippen MR) is 156 cm³/mol. The van der Waals surface area contributed by atoms with Crippen molar-refractivity contribution < 1.29 is 0 Å². The van der Waals surface area contributed by atoms with Crippen LogP contribution in [0.5, 0.6) is 0 Å². The van der Waals surface area contributed by atoms with E-state index in [0.717, 1.165) is 11.9 Å². The third-order valence-corrected chi connectivity index (χ3v) is 7.98. The molecule has 0 saturated heterocycles. The van der Waals surface area contributed by atoms with Gasteiger partial charge >= 0.3 is 0 Å². The molecule has 0 saturated carbocycles. The summed E-state index contributed by atoms with van der Waals surface area (Å²) in [5, 5.41) is 9.13. The lowest BCUT2D eigenvalue weighted by Gasteiger charge is -2.19. The zero-order chi connectivity index (χ0) is 24.9. The van der Waals surface area contributed by atoms with Gasteiger partial charge in [0.15, 0.2) is 0 Å². The van der Waals surface area contributed by atoms with Gasteiger partial charge in [0, 0.05) is 27.7 Å². The summed E-state index contributed by atoms with van der Waals surface area (Å²) >= 11 is 0. The number of hydrogen-bond donors (Lipinski definition) is 0. The van der Waals surface area contributed by atoms with Crippen LogP contribution in [-0.4, -0.2) is 9.38 Å². The van der Waals surface area contributed by atoms with Gasteiger partial charge in [0.25, 0.3) is 0 Å². The maximum atomic E-state index is 5.01. The number of fused-ring (bicyclic) bond motifs is 7. The van der Waals surface area contributed by atoms with Crippen LogP contribution in [0.15, 0.2) is 66.9 Å². The Morgan fingerprint density at radius 1 is 0.806 bits per heavy atom. The van der Waals surface area contributed by atoms with Gasteiger partial charge in [-0.25, -0.2) is 0 Å². The van der Waals surface area contributed by atoms with Gasteiger partial charge in [0.1, 0.15) is 0 Å². The summed E-state index contributed by atoms with van der Waals surface area (Å²) in [6, 6.07) is 23.0. The van der Waals surface area contributed by atoms with Crippen molar-refractivity contribution in [1.29, 1.82) is 0 Å². The Kier molecular flexibility index (Phi) is 4.32. The van der Waals surface area contributed by atoms with Crippen molar-refractivity contribution in [2.75, 3.05) is 0 Å². The van der Waals surface area contributed by atoms with E-state index in [1.165, 1.54) is 70.9 Å². The molecule has 0 aliphatic rings. The van der Waals surface area contributed by atoms with Crippen molar-refractivity contribution in [3.05, 3.63) is 83.6 Å². The van der Waals surface area contributed by atoms with Gasteiger partial charge in [-0.15, -0.1) is 0 Å². The van der Waals surface area contributed by atoms with E-state index in [1.807, 2.05) is 6.20 Å². The molecule has 2 nitrogen and oxygen atoms in total. The van der Waals surface area contributed by atoms with Gasteiger partial charge in [-0.05, 0) is 75.7 Å². The van der Waals surface area contributed by atoms with Gasteiger partial charge in [-0.1, -0.05) is 77.1 Å². The molecule has 0 atom stereocenters. The zero-order valence-electron chi connectivity index (χ0n) is 22.0. The summed E-state index contributed by atoms with van der Waals surface area (Å²) in [5.74, 6) is 0.455. The highest BCUT2D eigenvalue weighted by molar-refractivity contribution is 6.29. The number of nitrogens with zero attached hydrogens (tertiary/aromatic N) is 2. The lowest BCUT2D eigenvalue weighted by molar-refractivity contribution is 0.411. The van der Waals surface area contributed by atoms with Crippen LogP contribution in [0.4, 0.5) is 0 Å². The van der Waals surface area contributed by atoms with E-state index >= 15 is 0 Å². The molecule has 36 heavy (non-hydrogen) atoms. The smallest absolute Gasteiger partial charge is 0.0823 e. The highest BCUT2D eigenvalue weighted by atomic mass is 14.9. The molecule has 4 aromatic carbocycles. The number of hydrogen-bond acceptors (Lipinski definition) is 1. The molecule has 2 heteroatoms. The lowest BCUT2D eigenvalue weighted by Crippen LogP contribution is -2.09. The van der Waals surface area contributed by atoms with Crippen molar-refractivity contribution in [3.8, 4) is 0 Å². The first-order valence-electron chi connectivity index (χ1n) is 13.1. The minimum absolute atomic E-state index is 0.257. The van der Waals surface area contributed by atoms with Crippen molar-refractivity contribution in [1.82, 2.24) is 9.38 Å². The quantitative estimate of drug-likeness (QED) is 0.182. The highest BCUT2D eigenvalue weighted by Gasteiger charge is 2.22. The molecule has 0 aliphatic heterocycles. The van der Waals surface area contributed by atoms with E-state index < -0.39 is 0 Å². The Bertz CT molecular complexity index is 1980. The fourth-order valence-electron chi connectivity index (χ4n) is 6.58. The van der Waals surface area contributed by atoms with Crippen LogP contribution in [0.3, 0.4) is 0 Å². The van der Waals surface area contributed by atoms with E-state index in [-0.39, 0.29) is 5.41 Å². The zero-order valence-corrected chi connectivity index (χ0v) is 22.0. The van der Waals surface area contributed by atoms with Gasteiger partial charge in [-0.2, -0.15) is 0 Å². The molecule has 0 radical (unpaired) electrons. The Morgan fingerprint density at radius 3 is 2.39 bits per heavy atom. The normalized spacial score (nSPS) is 13.1. The molecule has 0 aliphatic carbocycles. The summed E-state index contributed by atoms with van der Waals surface area (Å²) < 4.78 is 2.54. The maximum Gasteiger partial charge on any atom is 0.0823 e. The fourth-order valence-corrected chi connectivity index (χ4v) is 6.58. The van der Waals surface area contributed by atoms with Crippen molar-refractivity contribution in [3.63, 3.8) is 0 Å². The second kappa shape index (κ2) is 7.20. The van der Waals surface area contributed by atoms with Gasteiger partial charge in [0.2, 0.25) is 0 Å². The predicted octanol–water partition coefficient (Wildman–Crippen LogP) is 9.56. The van der Waals surface area contributed by atoms with Gasteiger partial charge in [0.05, 0.1) is 22.1 Å². The third kappa shape index (κ3) is 2.88. The first-order valence-corrected chi connectivity index (χ1v) is 13.1. The maximum absolute atomic E-state index is 5.01. The monoisotopic (exact) mass is 468 g/mol. The Hall–Kier alpha value is -3.65. The standard InChI is InChI=1S/C34H32N2/c1-19(2)24-8-7-9-28-30(24)26-13-11-22-14-15-35-31-27-17-23-16-21(18-34(4,5)6)10-12-25(23)20(3)32(27)36(28)33(26)29(22)31/h7-17,19H,18H2,1-6H3. The fraction of sp³-hybridized carbons (Fsp3) is 0.265. The lowest BCUT2D eigenvalue weighted by atomic mass is 9.87. The molecule has 7 rings (SSSR count). The molecule has 0 fully saturated rings. The molecule has 0 amide bonds. The van der Waals surface area contributed by atoms with E-state index in [2.05, 4.69) is 107 Å².